The lowest BCUT2D eigenvalue weighted by atomic mass is 10.1. The van der Waals surface area contributed by atoms with Crippen molar-refractivity contribution in [3.63, 3.8) is 0 Å². The Hall–Kier alpha value is -2.97. The van der Waals surface area contributed by atoms with Gasteiger partial charge in [-0.3, -0.25) is 4.79 Å². The molecule has 0 fully saturated rings. The van der Waals surface area contributed by atoms with E-state index in [1.165, 1.54) is 42.5 Å². The predicted octanol–water partition coefficient (Wildman–Crippen LogP) is 4.02. The van der Waals surface area contributed by atoms with Crippen LogP contribution in [0.25, 0.3) is 11.3 Å². The minimum Gasteiger partial charge on any atom is -0.451 e. The summed E-state index contributed by atoms with van der Waals surface area (Å²) in [5.74, 6) is -0.727. The average molecular weight is 402 g/mol. The summed E-state index contributed by atoms with van der Waals surface area (Å²) in [6, 6.07) is 14.6. The largest absolute Gasteiger partial charge is 0.451 e. The fourth-order valence-electron chi connectivity index (χ4n) is 2.55. The molecule has 8 heteroatoms. The maximum absolute atomic E-state index is 13.8. The molecule has 1 heterocycles. The smallest absolute Gasteiger partial charge is 0.291 e. The zero-order valence-corrected chi connectivity index (χ0v) is 16.1. The molecule has 0 bridgehead atoms. The highest BCUT2D eigenvalue weighted by Gasteiger charge is 2.17. The third-order valence-electron chi connectivity index (χ3n) is 3.78. The highest BCUT2D eigenvalue weighted by Crippen LogP contribution is 2.25. The van der Waals surface area contributed by atoms with E-state index in [-0.39, 0.29) is 28.0 Å². The number of sulfonamides is 1. The van der Waals surface area contributed by atoms with Gasteiger partial charge in [0.1, 0.15) is 11.6 Å². The number of carbonyl (C=O) groups excluding carboxylic acids is 1. The van der Waals surface area contributed by atoms with Crippen molar-refractivity contribution in [2.24, 2.45) is 0 Å². The summed E-state index contributed by atoms with van der Waals surface area (Å²) in [4.78, 5) is 12.4. The SMILES string of the molecule is CC(C)NS(=O)(=O)c1ccc(NC(=O)c2ccc(-c3ccccc3F)o2)cc1. The number of benzene rings is 2. The van der Waals surface area contributed by atoms with Crippen molar-refractivity contribution in [2.45, 2.75) is 24.8 Å². The van der Waals surface area contributed by atoms with Crippen LogP contribution in [0.15, 0.2) is 70.0 Å². The molecule has 0 atom stereocenters. The molecule has 0 spiro atoms. The van der Waals surface area contributed by atoms with Crippen LogP contribution in [0.1, 0.15) is 24.4 Å². The van der Waals surface area contributed by atoms with Crippen molar-refractivity contribution < 1.29 is 22.0 Å². The maximum atomic E-state index is 13.8. The summed E-state index contributed by atoms with van der Waals surface area (Å²) in [7, 11) is -3.61. The van der Waals surface area contributed by atoms with E-state index < -0.39 is 21.7 Å². The molecule has 0 aliphatic rings. The van der Waals surface area contributed by atoms with E-state index in [4.69, 9.17) is 4.42 Å². The zero-order valence-electron chi connectivity index (χ0n) is 15.3. The van der Waals surface area contributed by atoms with Gasteiger partial charge in [-0.25, -0.2) is 17.5 Å². The molecule has 2 aromatic carbocycles. The lowest BCUT2D eigenvalue weighted by Gasteiger charge is -2.10. The Kier molecular flexibility index (Phi) is 5.62. The minimum atomic E-state index is -3.61. The van der Waals surface area contributed by atoms with E-state index in [0.717, 1.165) is 0 Å². The van der Waals surface area contributed by atoms with Gasteiger partial charge in [0.2, 0.25) is 10.0 Å². The van der Waals surface area contributed by atoms with Gasteiger partial charge in [-0.1, -0.05) is 12.1 Å². The van der Waals surface area contributed by atoms with E-state index in [1.54, 1.807) is 32.0 Å². The number of furan rings is 1. The Labute approximate surface area is 162 Å². The Balaban J connectivity index is 1.73. The summed E-state index contributed by atoms with van der Waals surface area (Å²) >= 11 is 0. The van der Waals surface area contributed by atoms with Gasteiger partial charge in [-0.2, -0.15) is 0 Å². The van der Waals surface area contributed by atoms with Crippen LogP contribution >= 0.6 is 0 Å². The van der Waals surface area contributed by atoms with Crippen LogP contribution in [0.3, 0.4) is 0 Å². The van der Waals surface area contributed by atoms with Crippen molar-refractivity contribution in [3.05, 3.63) is 72.2 Å². The maximum Gasteiger partial charge on any atom is 0.291 e. The van der Waals surface area contributed by atoms with Crippen molar-refractivity contribution in [1.29, 1.82) is 0 Å². The molecular formula is C20H19FN2O4S. The molecule has 1 amide bonds. The molecule has 0 aliphatic heterocycles. The zero-order chi connectivity index (χ0) is 20.3. The average Bonchev–Trinajstić information content (AvgIpc) is 3.11. The second-order valence-corrected chi connectivity index (χ2v) is 8.11. The van der Waals surface area contributed by atoms with Crippen LogP contribution in [0, 0.1) is 5.82 Å². The van der Waals surface area contributed by atoms with Gasteiger partial charge in [0.25, 0.3) is 5.91 Å². The molecule has 28 heavy (non-hydrogen) atoms. The second-order valence-electron chi connectivity index (χ2n) is 6.40. The molecule has 0 saturated heterocycles. The van der Waals surface area contributed by atoms with Gasteiger partial charge >= 0.3 is 0 Å². The van der Waals surface area contributed by atoms with Gasteiger partial charge in [-0.05, 0) is 62.4 Å². The van der Waals surface area contributed by atoms with E-state index >= 15 is 0 Å². The third-order valence-corrected chi connectivity index (χ3v) is 5.46. The molecule has 0 radical (unpaired) electrons. The van der Waals surface area contributed by atoms with Crippen LogP contribution in [-0.4, -0.2) is 20.4 Å². The molecule has 0 saturated carbocycles. The monoisotopic (exact) mass is 402 g/mol. The van der Waals surface area contributed by atoms with Gasteiger partial charge in [0.05, 0.1) is 10.5 Å². The van der Waals surface area contributed by atoms with E-state index in [0.29, 0.717) is 5.69 Å². The Morgan fingerprint density at radius 3 is 2.32 bits per heavy atom. The molecule has 1 aromatic heterocycles. The number of anilines is 1. The molecule has 0 unspecified atom stereocenters. The number of amides is 1. The van der Waals surface area contributed by atoms with Gasteiger partial charge in [-0.15, -0.1) is 0 Å². The molecule has 3 aromatic rings. The van der Waals surface area contributed by atoms with E-state index in [2.05, 4.69) is 10.0 Å². The van der Waals surface area contributed by atoms with Crippen molar-refractivity contribution in [1.82, 2.24) is 4.72 Å². The summed E-state index contributed by atoms with van der Waals surface area (Å²) in [5, 5.41) is 2.62. The number of carbonyl (C=O) groups is 1. The summed E-state index contributed by atoms with van der Waals surface area (Å²) in [6.07, 6.45) is 0. The normalized spacial score (nSPS) is 11.6. The van der Waals surface area contributed by atoms with Crippen LogP contribution in [-0.2, 0) is 10.0 Å². The Bertz CT molecular complexity index is 1090. The van der Waals surface area contributed by atoms with Crippen LogP contribution in [0.5, 0.6) is 0 Å². The van der Waals surface area contributed by atoms with Crippen LogP contribution < -0.4 is 10.0 Å². The lowest BCUT2D eigenvalue weighted by Crippen LogP contribution is -2.30. The van der Waals surface area contributed by atoms with Gasteiger partial charge < -0.3 is 9.73 Å². The van der Waals surface area contributed by atoms with Gasteiger partial charge in [0.15, 0.2) is 5.76 Å². The summed E-state index contributed by atoms with van der Waals surface area (Å²) in [5.41, 5.74) is 0.658. The topological polar surface area (TPSA) is 88.4 Å². The standard InChI is InChI=1S/C20H19FN2O4S/c1-13(2)23-28(25,26)15-9-7-14(8-10-15)22-20(24)19-12-11-18(27-19)16-5-3-4-6-17(16)21/h3-13,23H,1-2H3,(H,22,24). The highest BCUT2D eigenvalue weighted by molar-refractivity contribution is 7.89. The number of rotatable bonds is 6. The Morgan fingerprint density at radius 2 is 1.68 bits per heavy atom. The third kappa shape index (κ3) is 4.47. The second kappa shape index (κ2) is 7.95. The molecule has 6 nitrogen and oxygen atoms in total. The molecule has 3 rings (SSSR count). The van der Waals surface area contributed by atoms with Crippen molar-refractivity contribution in [3.8, 4) is 11.3 Å². The van der Waals surface area contributed by atoms with Gasteiger partial charge in [0, 0.05) is 11.7 Å². The highest BCUT2D eigenvalue weighted by atomic mass is 32.2. The van der Waals surface area contributed by atoms with E-state index in [9.17, 15) is 17.6 Å². The fraction of sp³-hybridized carbons (Fsp3) is 0.150. The first-order valence-electron chi connectivity index (χ1n) is 8.55. The van der Waals surface area contributed by atoms with Crippen molar-refractivity contribution >= 4 is 21.6 Å². The number of halogens is 1. The predicted molar refractivity (Wildman–Crippen MR) is 104 cm³/mol. The summed E-state index contributed by atoms with van der Waals surface area (Å²) in [6.45, 7) is 3.45. The van der Waals surface area contributed by atoms with Crippen molar-refractivity contribution in [2.75, 3.05) is 5.32 Å². The fourth-order valence-corrected chi connectivity index (χ4v) is 3.81. The molecular weight excluding hydrogens is 383 g/mol. The number of hydrogen-bond acceptors (Lipinski definition) is 4. The quantitative estimate of drug-likeness (QED) is 0.652. The first-order chi connectivity index (χ1) is 13.3. The van der Waals surface area contributed by atoms with E-state index in [1.807, 2.05) is 0 Å². The lowest BCUT2D eigenvalue weighted by molar-refractivity contribution is 0.0997. The van der Waals surface area contributed by atoms with Crippen LogP contribution in [0.4, 0.5) is 10.1 Å². The molecule has 2 N–H and O–H groups in total. The molecule has 0 aliphatic carbocycles. The Morgan fingerprint density at radius 1 is 1.00 bits per heavy atom. The first kappa shape index (κ1) is 19.8. The number of hydrogen-bond donors (Lipinski definition) is 2. The summed E-state index contributed by atoms with van der Waals surface area (Å²) < 4.78 is 46.0. The minimum absolute atomic E-state index is 0.0106. The molecule has 146 valence electrons. The van der Waals surface area contributed by atoms with Crippen LogP contribution in [0.2, 0.25) is 0 Å². The first-order valence-corrected chi connectivity index (χ1v) is 10.0. The number of nitrogens with one attached hydrogen (secondary N) is 2.